The van der Waals surface area contributed by atoms with E-state index in [-0.39, 0.29) is 17.6 Å². The van der Waals surface area contributed by atoms with Gasteiger partial charge in [0.25, 0.3) is 5.91 Å². The number of nitrogens with zero attached hydrogens (tertiary/aromatic N) is 1. The fraction of sp³-hybridized carbons (Fsp3) is 0.650. The third kappa shape index (κ3) is 2.71. The second-order valence-electron chi connectivity index (χ2n) is 8.53. The van der Waals surface area contributed by atoms with E-state index in [4.69, 9.17) is 4.74 Å². The number of aryl methyl sites for hydroxylation is 1. The molecule has 4 rings (SSSR count). The zero-order valence-corrected chi connectivity index (χ0v) is 15.2. The first-order valence-corrected chi connectivity index (χ1v) is 9.18. The molecule has 2 bridgehead atoms. The van der Waals surface area contributed by atoms with Crippen LogP contribution in [0.2, 0.25) is 0 Å². The molecule has 3 aliphatic heterocycles. The SMILES string of the molecule is Cc1cc2c(c(C(=O)NC3C[C@H]4CC[C@@H](C3)N4C)c1)OC(C)(C)C2. The Morgan fingerprint density at radius 2 is 1.92 bits per heavy atom. The Balaban J connectivity index is 1.54. The maximum absolute atomic E-state index is 12.9. The molecule has 0 radical (unpaired) electrons. The lowest BCUT2D eigenvalue weighted by atomic mass is 9.96. The van der Waals surface area contributed by atoms with Crippen LogP contribution >= 0.6 is 0 Å². The average molecular weight is 328 g/mol. The molecule has 4 nitrogen and oxygen atoms in total. The van der Waals surface area contributed by atoms with Crippen molar-refractivity contribution in [3.05, 3.63) is 28.8 Å². The van der Waals surface area contributed by atoms with E-state index in [1.807, 2.05) is 6.07 Å². The number of rotatable bonds is 2. The molecular formula is C20H28N2O2. The average Bonchev–Trinajstić information content (AvgIpc) is 2.88. The number of benzene rings is 1. The Morgan fingerprint density at radius 3 is 2.58 bits per heavy atom. The summed E-state index contributed by atoms with van der Waals surface area (Å²) in [5.41, 5.74) is 2.77. The highest BCUT2D eigenvalue weighted by Gasteiger charge is 2.39. The number of hydrogen-bond acceptors (Lipinski definition) is 3. The molecule has 3 heterocycles. The highest BCUT2D eigenvalue weighted by Crippen LogP contribution is 2.39. The minimum Gasteiger partial charge on any atom is -0.486 e. The topological polar surface area (TPSA) is 41.6 Å². The van der Waals surface area contributed by atoms with Crippen molar-refractivity contribution >= 4 is 5.91 Å². The van der Waals surface area contributed by atoms with Gasteiger partial charge in [0.05, 0.1) is 5.56 Å². The van der Waals surface area contributed by atoms with Gasteiger partial charge < -0.3 is 15.0 Å². The smallest absolute Gasteiger partial charge is 0.255 e. The zero-order chi connectivity index (χ0) is 17.1. The third-order valence-corrected chi connectivity index (χ3v) is 5.98. The summed E-state index contributed by atoms with van der Waals surface area (Å²) in [7, 11) is 2.23. The van der Waals surface area contributed by atoms with Crippen LogP contribution in [0.5, 0.6) is 5.75 Å². The van der Waals surface area contributed by atoms with E-state index in [0.717, 1.165) is 36.1 Å². The first-order chi connectivity index (χ1) is 11.3. The Bertz CT molecular complexity index is 668. The van der Waals surface area contributed by atoms with Gasteiger partial charge >= 0.3 is 0 Å². The first kappa shape index (κ1) is 15.9. The molecule has 1 aromatic carbocycles. The fourth-order valence-electron chi connectivity index (χ4n) is 4.83. The summed E-state index contributed by atoms with van der Waals surface area (Å²) in [6, 6.07) is 5.67. The van der Waals surface area contributed by atoms with E-state index >= 15 is 0 Å². The summed E-state index contributed by atoms with van der Waals surface area (Å²) in [5.74, 6) is 0.820. The number of amides is 1. The molecule has 130 valence electrons. The molecule has 0 aromatic heterocycles. The molecule has 1 amide bonds. The molecular weight excluding hydrogens is 300 g/mol. The monoisotopic (exact) mass is 328 g/mol. The van der Waals surface area contributed by atoms with E-state index in [9.17, 15) is 4.79 Å². The van der Waals surface area contributed by atoms with Crippen molar-refractivity contribution in [1.29, 1.82) is 0 Å². The predicted molar refractivity (Wildman–Crippen MR) is 94.7 cm³/mol. The Morgan fingerprint density at radius 1 is 1.25 bits per heavy atom. The fourth-order valence-corrected chi connectivity index (χ4v) is 4.83. The number of hydrogen-bond donors (Lipinski definition) is 1. The minimum absolute atomic E-state index is 0.0293. The number of carbonyl (C=O) groups excluding carboxylic acids is 1. The van der Waals surface area contributed by atoms with Crippen molar-refractivity contribution in [1.82, 2.24) is 10.2 Å². The van der Waals surface area contributed by atoms with Crippen molar-refractivity contribution in [3.8, 4) is 5.75 Å². The van der Waals surface area contributed by atoms with E-state index < -0.39 is 0 Å². The molecule has 2 fully saturated rings. The van der Waals surface area contributed by atoms with Gasteiger partial charge in [0, 0.05) is 24.5 Å². The first-order valence-electron chi connectivity index (χ1n) is 9.18. The molecule has 0 spiro atoms. The van der Waals surface area contributed by atoms with Gasteiger partial charge in [0.2, 0.25) is 0 Å². The van der Waals surface area contributed by atoms with Crippen molar-refractivity contribution in [2.24, 2.45) is 0 Å². The molecule has 4 heteroatoms. The highest BCUT2D eigenvalue weighted by atomic mass is 16.5. The van der Waals surface area contributed by atoms with Gasteiger partial charge in [0.1, 0.15) is 11.4 Å². The Hall–Kier alpha value is -1.55. The Kier molecular flexibility index (Phi) is 3.64. The van der Waals surface area contributed by atoms with E-state index in [1.54, 1.807) is 0 Å². The number of fused-ring (bicyclic) bond motifs is 3. The number of ether oxygens (including phenoxy) is 1. The minimum atomic E-state index is -0.224. The van der Waals surface area contributed by atoms with Crippen LogP contribution in [0, 0.1) is 6.92 Å². The third-order valence-electron chi connectivity index (χ3n) is 5.98. The summed E-state index contributed by atoms with van der Waals surface area (Å²) in [4.78, 5) is 15.4. The molecule has 1 aromatic rings. The van der Waals surface area contributed by atoms with Crippen LogP contribution in [-0.4, -0.2) is 41.6 Å². The summed E-state index contributed by atoms with van der Waals surface area (Å²) < 4.78 is 6.09. The van der Waals surface area contributed by atoms with Crippen LogP contribution in [-0.2, 0) is 6.42 Å². The molecule has 24 heavy (non-hydrogen) atoms. The standard InChI is InChI=1S/C20H28N2O2/c1-12-7-13-11-20(2,3)24-18(13)17(8-12)19(23)21-14-9-15-5-6-16(10-14)22(15)4/h7-8,14-16H,5-6,9-11H2,1-4H3,(H,21,23)/t14?,15-,16+. The van der Waals surface area contributed by atoms with Gasteiger partial charge in [-0.25, -0.2) is 0 Å². The number of nitrogens with one attached hydrogen (secondary N) is 1. The van der Waals surface area contributed by atoms with Crippen molar-refractivity contribution in [2.75, 3.05) is 7.05 Å². The van der Waals surface area contributed by atoms with E-state index in [2.05, 4.69) is 44.1 Å². The largest absolute Gasteiger partial charge is 0.486 e. The van der Waals surface area contributed by atoms with E-state index in [0.29, 0.717) is 17.6 Å². The number of carbonyl (C=O) groups is 1. The van der Waals surface area contributed by atoms with Gasteiger partial charge in [-0.3, -0.25) is 4.79 Å². The zero-order valence-electron chi connectivity index (χ0n) is 15.2. The maximum Gasteiger partial charge on any atom is 0.255 e. The maximum atomic E-state index is 12.9. The highest BCUT2D eigenvalue weighted by molar-refractivity contribution is 5.98. The summed E-state index contributed by atoms with van der Waals surface area (Å²) in [6.07, 6.45) is 5.54. The van der Waals surface area contributed by atoms with E-state index in [1.165, 1.54) is 12.8 Å². The second kappa shape index (κ2) is 5.48. The normalized spacial score (nSPS) is 30.8. The lowest BCUT2D eigenvalue weighted by molar-refractivity contribution is 0.0870. The van der Waals surface area contributed by atoms with Crippen molar-refractivity contribution in [2.45, 2.75) is 76.6 Å². The molecule has 3 atom stereocenters. The predicted octanol–water partition coefficient (Wildman–Crippen LogP) is 3.06. The second-order valence-corrected chi connectivity index (χ2v) is 8.53. The van der Waals surface area contributed by atoms with Crippen LogP contribution in [0.1, 0.15) is 61.0 Å². The summed E-state index contributed by atoms with van der Waals surface area (Å²) in [5, 5.41) is 3.30. The van der Waals surface area contributed by atoms with Crippen molar-refractivity contribution < 1.29 is 9.53 Å². The van der Waals surface area contributed by atoms with Gasteiger partial charge in [-0.2, -0.15) is 0 Å². The molecule has 1 unspecified atom stereocenters. The van der Waals surface area contributed by atoms with Gasteiger partial charge in [-0.05, 0) is 70.7 Å². The van der Waals surface area contributed by atoms with Crippen LogP contribution in [0.4, 0.5) is 0 Å². The lowest BCUT2D eigenvalue weighted by Gasteiger charge is -2.36. The van der Waals surface area contributed by atoms with Gasteiger partial charge in [0.15, 0.2) is 0 Å². The van der Waals surface area contributed by atoms with Gasteiger partial charge in [-0.15, -0.1) is 0 Å². The summed E-state index contributed by atoms with van der Waals surface area (Å²) >= 11 is 0. The van der Waals surface area contributed by atoms with Crippen LogP contribution < -0.4 is 10.1 Å². The molecule has 3 aliphatic rings. The van der Waals surface area contributed by atoms with Crippen LogP contribution in [0.15, 0.2) is 12.1 Å². The lowest BCUT2D eigenvalue weighted by Crippen LogP contribution is -2.48. The molecule has 1 N–H and O–H groups in total. The molecule has 0 saturated carbocycles. The van der Waals surface area contributed by atoms with Crippen molar-refractivity contribution in [3.63, 3.8) is 0 Å². The summed E-state index contributed by atoms with van der Waals surface area (Å²) in [6.45, 7) is 6.22. The molecule has 0 aliphatic carbocycles. The number of piperidine rings is 1. The Labute approximate surface area is 144 Å². The van der Waals surface area contributed by atoms with Crippen LogP contribution in [0.3, 0.4) is 0 Å². The quantitative estimate of drug-likeness (QED) is 0.907. The van der Waals surface area contributed by atoms with Crippen LogP contribution in [0.25, 0.3) is 0 Å². The molecule has 2 saturated heterocycles. The van der Waals surface area contributed by atoms with Gasteiger partial charge in [-0.1, -0.05) is 6.07 Å².